The van der Waals surface area contributed by atoms with Crippen LogP contribution >= 0.6 is 11.3 Å². The number of aryl methyl sites for hydroxylation is 1. The molecule has 1 nitrogen and oxygen atoms in total. The fraction of sp³-hybridized carbons (Fsp3) is 0.636. The van der Waals surface area contributed by atoms with Gasteiger partial charge in [-0.2, -0.15) is 11.3 Å². The first-order chi connectivity index (χ1) is 6.24. The summed E-state index contributed by atoms with van der Waals surface area (Å²) in [6, 6.07) is 2.55. The van der Waals surface area contributed by atoms with Crippen LogP contribution in [0.15, 0.2) is 16.8 Å². The number of hydrogen-bond donors (Lipinski definition) is 1. The molecule has 1 heterocycles. The molecule has 1 rings (SSSR count). The molecular formula is C11H19NS. The van der Waals surface area contributed by atoms with Crippen molar-refractivity contribution in [2.75, 3.05) is 0 Å². The van der Waals surface area contributed by atoms with Gasteiger partial charge < -0.3 is 5.73 Å². The van der Waals surface area contributed by atoms with Gasteiger partial charge in [0.05, 0.1) is 0 Å². The van der Waals surface area contributed by atoms with Crippen molar-refractivity contribution in [2.24, 2.45) is 11.7 Å². The smallest absolute Gasteiger partial charge is 0.00675 e. The molecule has 0 radical (unpaired) electrons. The molecule has 0 bridgehead atoms. The monoisotopic (exact) mass is 197 g/mol. The lowest BCUT2D eigenvalue weighted by Crippen LogP contribution is -2.28. The van der Waals surface area contributed by atoms with Gasteiger partial charge in [0.2, 0.25) is 0 Å². The van der Waals surface area contributed by atoms with Gasteiger partial charge in [0.15, 0.2) is 0 Å². The summed E-state index contributed by atoms with van der Waals surface area (Å²) < 4.78 is 0. The summed E-state index contributed by atoms with van der Waals surface area (Å²) in [6.45, 7) is 4.44. The molecule has 0 aliphatic heterocycles. The van der Waals surface area contributed by atoms with E-state index in [-0.39, 0.29) is 0 Å². The van der Waals surface area contributed by atoms with E-state index in [1.165, 1.54) is 12.0 Å². The minimum Gasteiger partial charge on any atom is -0.327 e. The molecule has 0 spiro atoms. The number of hydrogen-bond acceptors (Lipinski definition) is 2. The fourth-order valence-electron chi connectivity index (χ4n) is 1.36. The summed E-state index contributed by atoms with van der Waals surface area (Å²) in [4.78, 5) is 0. The third-order valence-corrected chi connectivity index (χ3v) is 3.45. The maximum Gasteiger partial charge on any atom is 0.00675 e. The Kier molecular flexibility index (Phi) is 4.46. The minimum atomic E-state index is 0.366. The van der Waals surface area contributed by atoms with Crippen molar-refractivity contribution in [2.45, 2.75) is 39.2 Å². The molecule has 0 aromatic carbocycles. The van der Waals surface area contributed by atoms with Crippen LogP contribution in [0.1, 0.15) is 32.3 Å². The minimum absolute atomic E-state index is 0.366. The fourth-order valence-corrected chi connectivity index (χ4v) is 2.06. The third kappa shape index (κ3) is 3.49. The van der Waals surface area contributed by atoms with E-state index in [1.807, 2.05) is 0 Å². The highest BCUT2D eigenvalue weighted by atomic mass is 32.1. The molecule has 0 saturated heterocycles. The zero-order valence-corrected chi connectivity index (χ0v) is 9.31. The second kappa shape index (κ2) is 5.40. The first-order valence-corrected chi connectivity index (χ1v) is 5.95. The highest BCUT2D eigenvalue weighted by Crippen LogP contribution is 2.14. The quantitative estimate of drug-likeness (QED) is 0.771. The molecule has 2 atom stereocenters. The van der Waals surface area contributed by atoms with E-state index in [1.54, 1.807) is 11.3 Å². The molecule has 0 aliphatic rings. The lowest BCUT2D eigenvalue weighted by molar-refractivity contribution is 0.420. The van der Waals surface area contributed by atoms with Gasteiger partial charge in [-0.1, -0.05) is 20.3 Å². The van der Waals surface area contributed by atoms with E-state index in [9.17, 15) is 0 Å². The van der Waals surface area contributed by atoms with Crippen molar-refractivity contribution in [1.29, 1.82) is 0 Å². The van der Waals surface area contributed by atoms with Gasteiger partial charge >= 0.3 is 0 Å². The lowest BCUT2D eigenvalue weighted by Gasteiger charge is -2.17. The molecule has 0 fully saturated rings. The van der Waals surface area contributed by atoms with Gasteiger partial charge in [-0.25, -0.2) is 0 Å². The van der Waals surface area contributed by atoms with Crippen LogP contribution in [0.2, 0.25) is 0 Å². The molecule has 0 amide bonds. The van der Waals surface area contributed by atoms with Crippen LogP contribution in [0.5, 0.6) is 0 Å². The molecule has 2 N–H and O–H groups in total. The second-order valence-electron chi connectivity index (χ2n) is 3.72. The van der Waals surface area contributed by atoms with Crippen LogP contribution in [0.3, 0.4) is 0 Å². The highest BCUT2D eigenvalue weighted by molar-refractivity contribution is 7.07. The van der Waals surface area contributed by atoms with Crippen molar-refractivity contribution in [1.82, 2.24) is 0 Å². The van der Waals surface area contributed by atoms with Gasteiger partial charge in [-0.15, -0.1) is 0 Å². The van der Waals surface area contributed by atoms with Crippen molar-refractivity contribution < 1.29 is 0 Å². The molecule has 2 unspecified atom stereocenters. The summed E-state index contributed by atoms with van der Waals surface area (Å²) in [6.07, 6.45) is 3.44. The average molecular weight is 197 g/mol. The van der Waals surface area contributed by atoms with Gasteiger partial charge in [-0.05, 0) is 41.1 Å². The number of nitrogens with two attached hydrogens (primary N) is 1. The topological polar surface area (TPSA) is 26.0 Å². The van der Waals surface area contributed by atoms with Gasteiger partial charge in [-0.3, -0.25) is 0 Å². The molecule has 13 heavy (non-hydrogen) atoms. The molecule has 0 saturated carbocycles. The first kappa shape index (κ1) is 10.7. The summed E-state index contributed by atoms with van der Waals surface area (Å²) in [5.41, 5.74) is 7.48. The molecule has 1 aromatic heterocycles. The Morgan fingerprint density at radius 2 is 2.31 bits per heavy atom. The molecule has 1 aromatic rings. The lowest BCUT2D eigenvalue weighted by atomic mass is 9.95. The van der Waals surface area contributed by atoms with Gasteiger partial charge in [0, 0.05) is 6.04 Å². The molecule has 0 aliphatic carbocycles. The van der Waals surface area contributed by atoms with E-state index in [0.29, 0.717) is 12.0 Å². The largest absolute Gasteiger partial charge is 0.327 e. The second-order valence-corrected chi connectivity index (χ2v) is 4.50. The third-order valence-electron chi connectivity index (χ3n) is 2.72. The SMILES string of the molecule is CCC(C)C(N)CCc1ccsc1. The van der Waals surface area contributed by atoms with E-state index in [2.05, 4.69) is 30.7 Å². The van der Waals surface area contributed by atoms with E-state index >= 15 is 0 Å². The maximum atomic E-state index is 6.05. The summed E-state index contributed by atoms with van der Waals surface area (Å²) in [5.74, 6) is 0.652. The van der Waals surface area contributed by atoms with Crippen molar-refractivity contribution in [3.8, 4) is 0 Å². The summed E-state index contributed by atoms with van der Waals surface area (Å²) >= 11 is 1.76. The highest BCUT2D eigenvalue weighted by Gasteiger charge is 2.10. The zero-order chi connectivity index (χ0) is 9.68. The van der Waals surface area contributed by atoms with Crippen molar-refractivity contribution in [3.05, 3.63) is 22.4 Å². The van der Waals surface area contributed by atoms with Crippen LogP contribution in [-0.4, -0.2) is 6.04 Å². The van der Waals surface area contributed by atoms with E-state index < -0.39 is 0 Å². The Bertz CT molecular complexity index is 218. The Labute approximate surface area is 85.0 Å². The van der Waals surface area contributed by atoms with Gasteiger partial charge in [0.1, 0.15) is 0 Å². The predicted molar refractivity (Wildman–Crippen MR) is 60.1 cm³/mol. The Balaban J connectivity index is 2.26. The normalized spacial score (nSPS) is 15.6. The average Bonchev–Trinajstić information content (AvgIpc) is 2.65. The first-order valence-electron chi connectivity index (χ1n) is 5.00. The summed E-state index contributed by atoms with van der Waals surface area (Å²) in [5, 5.41) is 4.34. The van der Waals surface area contributed by atoms with Crippen LogP contribution in [0.4, 0.5) is 0 Å². The van der Waals surface area contributed by atoms with Crippen molar-refractivity contribution in [3.63, 3.8) is 0 Å². The summed E-state index contributed by atoms with van der Waals surface area (Å²) in [7, 11) is 0. The van der Waals surface area contributed by atoms with E-state index in [0.717, 1.165) is 12.8 Å². The zero-order valence-electron chi connectivity index (χ0n) is 8.49. The Hall–Kier alpha value is -0.340. The number of rotatable bonds is 5. The molecule has 2 heteroatoms. The van der Waals surface area contributed by atoms with Crippen molar-refractivity contribution >= 4 is 11.3 Å². The van der Waals surface area contributed by atoms with Crippen LogP contribution < -0.4 is 5.73 Å². The Morgan fingerprint density at radius 1 is 1.54 bits per heavy atom. The molecule has 74 valence electrons. The molecular weight excluding hydrogens is 178 g/mol. The standard InChI is InChI=1S/C11H19NS/c1-3-9(2)11(12)5-4-10-6-7-13-8-10/h6-9,11H,3-5,12H2,1-2H3. The van der Waals surface area contributed by atoms with Crippen LogP contribution in [0, 0.1) is 5.92 Å². The van der Waals surface area contributed by atoms with Crippen LogP contribution in [-0.2, 0) is 6.42 Å². The van der Waals surface area contributed by atoms with E-state index in [4.69, 9.17) is 5.73 Å². The Morgan fingerprint density at radius 3 is 2.85 bits per heavy atom. The number of thiophene rings is 1. The predicted octanol–water partition coefficient (Wildman–Crippen LogP) is 3.05. The van der Waals surface area contributed by atoms with Gasteiger partial charge in [0.25, 0.3) is 0 Å². The van der Waals surface area contributed by atoms with Crippen LogP contribution in [0.25, 0.3) is 0 Å². The maximum absolute atomic E-state index is 6.05.